The zero-order valence-corrected chi connectivity index (χ0v) is 109. The third-order valence-corrected chi connectivity index (χ3v) is 20.6. The molecular formula is C126H261N17O5. The highest BCUT2D eigenvalue weighted by molar-refractivity contribution is 5.39. The van der Waals surface area contributed by atoms with E-state index in [2.05, 4.69) is 360 Å². The number of rotatable bonds is 29. The smallest absolute Gasteiger partial charge is 0.316 e. The van der Waals surface area contributed by atoms with Gasteiger partial charge in [-0.25, -0.2) is 29.4 Å². The quantitative estimate of drug-likeness (QED) is 0.0292. The molecule has 7 heterocycles. The lowest BCUT2D eigenvalue weighted by Crippen LogP contribution is -2.29. The standard InChI is InChI=1S/C10H13N3.C10H21N.C8H12N2O.2C8H12N2.C8H18.C7H15N.C7H17N.C7H16O.C7H16.C6H10N2O.C6H15N.C6H14O.C6H12.C6H14.C4H11N.C4H10O.C4H10.C3H9N.CH4/c1-7(2)9-5-11-10-4-8(3)12-13(10)6-9;1-9(2)11-8-10-6-4-3-5-7-10;1-6(2)11-8-9-4-7(3)5-10-8;1-6(2)8-4-9-7(3)10-5-8;1-6(2)8-5-9-7(3)4-10-8;1-7(2)5-6-8(3)4;1-7(2)8-5-3-4-6-8;2*1-6(2)5-8-7(3)4;1-6(2)5-7(3)4;1-4(2)6-8-7-5(3)9-6;2*1-5(2)7-6(3)4;1-5(2)6-3-4-6;1-5(2)6(3)4;2*1-4(2)5-3;1-4(2)3;1-3(2)4;/h4-7H,1-3H3;9-11H,3-8H2,1-2H3;4-6H,1-3H3;2*4-6H,1-3H3;7-8H,5-6H2,1-4H3;7H,3-6H2,1-2H3;6-8H,5H2,1-4H3;6-7H,5H2,1-4H3;6-7H,5H2,1-4H3;4H,1-3H3;5-7H,1-4H3;5-6H,1-4H3;5-6H,3-4H2,1-2H3;5-6H,1-4H3;4-5H,1-3H3;4H,1-3H3;4H,1-3H3;3H,4H2,1-2H3;1H4. The van der Waals surface area contributed by atoms with Gasteiger partial charge in [0.15, 0.2) is 5.65 Å². The van der Waals surface area contributed by atoms with Gasteiger partial charge in [-0.2, -0.15) is 5.10 Å². The second kappa shape index (κ2) is 106. The van der Waals surface area contributed by atoms with Gasteiger partial charge in [-0.1, -0.05) is 323 Å². The maximum atomic E-state index is 5.30. The van der Waals surface area contributed by atoms with E-state index in [-0.39, 0.29) is 13.5 Å². The predicted octanol–water partition coefficient (Wildman–Crippen LogP) is 34.5. The van der Waals surface area contributed by atoms with Crippen molar-refractivity contribution in [2.75, 3.05) is 46.9 Å². The van der Waals surface area contributed by atoms with E-state index in [4.69, 9.17) is 29.1 Å². The Morgan fingerprint density at radius 3 is 1.09 bits per heavy atom. The van der Waals surface area contributed by atoms with Gasteiger partial charge in [0.25, 0.3) is 0 Å². The average Bonchev–Trinajstić information content (AvgIpc) is 1.56. The van der Waals surface area contributed by atoms with Crippen LogP contribution in [0.4, 0.5) is 0 Å². The Labute approximate surface area is 923 Å². The second-order valence-electron chi connectivity index (χ2n) is 48.6. The summed E-state index contributed by atoms with van der Waals surface area (Å²) >= 11 is 0. The highest BCUT2D eigenvalue weighted by atomic mass is 16.5. The number of nitrogens with zero attached hydrogens (tertiary/aromatic N) is 12. The maximum absolute atomic E-state index is 5.30. The molecule has 6 aromatic heterocycles. The highest BCUT2D eigenvalue weighted by Crippen LogP contribution is 2.36. The van der Waals surface area contributed by atoms with Crippen LogP contribution in [0, 0.1) is 106 Å². The summed E-state index contributed by atoms with van der Waals surface area (Å²) < 4.78 is 27.5. The maximum Gasteiger partial charge on any atom is 0.316 e. The summed E-state index contributed by atoms with van der Waals surface area (Å²) in [7, 11) is 3.65. The third kappa shape index (κ3) is 138. The van der Waals surface area contributed by atoms with Crippen molar-refractivity contribution < 1.29 is 23.4 Å². The molecule has 0 aromatic carbocycles. The molecule has 0 bridgehead atoms. The van der Waals surface area contributed by atoms with E-state index in [1.54, 1.807) is 32.6 Å². The fraction of sp³-hybridized carbons (Fsp3) is 0.841. The van der Waals surface area contributed by atoms with Crippen LogP contribution in [-0.2, 0) is 14.2 Å². The first-order valence-corrected chi connectivity index (χ1v) is 58.1. The van der Waals surface area contributed by atoms with Gasteiger partial charge in [-0.3, -0.25) is 9.97 Å². The number of nitrogens with two attached hydrogens (primary N) is 1. The Balaban J connectivity index is -0.000000150. The van der Waals surface area contributed by atoms with Crippen molar-refractivity contribution in [1.82, 2.24) is 80.9 Å². The van der Waals surface area contributed by atoms with Crippen molar-refractivity contribution in [3.8, 4) is 6.01 Å². The van der Waals surface area contributed by atoms with Gasteiger partial charge >= 0.3 is 6.01 Å². The largest absolute Gasteiger partial charge is 0.461 e. The minimum absolute atomic E-state index is 0. The molecule has 3 aliphatic rings. The number of hydrogen-bond acceptors (Lipinski definition) is 21. The first-order valence-electron chi connectivity index (χ1n) is 58.1. The molecule has 0 amide bonds. The fourth-order valence-corrected chi connectivity index (χ4v) is 11.4. The summed E-state index contributed by atoms with van der Waals surface area (Å²) in [5.74, 6) is 14.6. The minimum atomic E-state index is 0. The van der Waals surface area contributed by atoms with E-state index in [0.717, 1.165) is 118 Å². The van der Waals surface area contributed by atoms with E-state index in [9.17, 15) is 0 Å². The van der Waals surface area contributed by atoms with Crippen molar-refractivity contribution in [2.45, 2.75) is 583 Å². The van der Waals surface area contributed by atoms with Gasteiger partial charge in [0.1, 0.15) is 5.82 Å². The van der Waals surface area contributed by atoms with Gasteiger partial charge in [0.2, 0.25) is 11.8 Å². The molecule has 2 aliphatic carbocycles. The number of methoxy groups -OCH3 is 1. The summed E-state index contributed by atoms with van der Waals surface area (Å²) in [6, 6.07) is 6.72. The van der Waals surface area contributed by atoms with Crippen LogP contribution in [0.3, 0.4) is 0 Å². The van der Waals surface area contributed by atoms with Crippen molar-refractivity contribution in [1.29, 1.82) is 0 Å². The van der Waals surface area contributed by atoms with Crippen molar-refractivity contribution in [3.63, 3.8) is 0 Å². The molecule has 0 spiro atoms. The first kappa shape index (κ1) is 165. The Kier molecular flexibility index (Phi) is 118. The van der Waals surface area contributed by atoms with E-state index >= 15 is 0 Å². The normalized spacial score (nSPS) is 12.5. The molecule has 6 aromatic rings. The number of ether oxygens (including phenoxy) is 4. The molecule has 2 saturated carbocycles. The monoisotopic (exact) mass is 2090 g/mol. The van der Waals surface area contributed by atoms with Crippen LogP contribution in [0.5, 0.6) is 6.01 Å². The number of fused-ring (bicyclic) bond motifs is 1. The van der Waals surface area contributed by atoms with Crippen LogP contribution >= 0.6 is 0 Å². The zero-order chi connectivity index (χ0) is 116. The van der Waals surface area contributed by atoms with Gasteiger partial charge in [-0.15, -0.1) is 10.2 Å². The van der Waals surface area contributed by atoms with E-state index < -0.39 is 0 Å². The third-order valence-electron chi connectivity index (χ3n) is 20.6. The van der Waals surface area contributed by atoms with Crippen LogP contribution in [0.15, 0.2) is 60.1 Å². The molecule has 9 rings (SSSR count). The molecule has 1 saturated heterocycles. The second-order valence-corrected chi connectivity index (χ2v) is 48.6. The van der Waals surface area contributed by atoms with E-state index in [0.29, 0.717) is 108 Å². The minimum Gasteiger partial charge on any atom is -0.461 e. The van der Waals surface area contributed by atoms with E-state index in [1.165, 1.54) is 108 Å². The summed E-state index contributed by atoms with van der Waals surface area (Å²) in [4.78, 5) is 31.4. The molecule has 3 fully saturated rings. The van der Waals surface area contributed by atoms with Crippen molar-refractivity contribution >= 4 is 5.65 Å². The lowest BCUT2D eigenvalue weighted by molar-refractivity contribution is 0.0300. The number of likely N-dealkylation sites (tertiary alicyclic amines) is 1. The fourth-order valence-electron chi connectivity index (χ4n) is 11.4. The number of aryl methyl sites for hydroxylation is 5. The van der Waals surface area contributed by atoms with Crippen LogP contribution in [-0.4, -0.2) is 179 Å². The summed E-state index contributed by atoms with van der Waals surface area (Å²) in [6.45, 7) is 130. The zero-order valence-electron chi connectivity index (χ0n) is 109. The Morgan fingerprint density at radius 1 is 0.426 bits per heavy atom. The molecule has 6 N–H and O–H groups in total. The molecule has 148 heavy (non-hydrogen) atoms. The molecular weight excluding hydrogens is 1830 g/mol. The SMILES string of the molecule is C.CC(C)C.CC(C)C(C)C.CC(C)C1CC1.CC(C)CC(C)C.CC(C)CCC(C)C.CC(C)CNC(C)C.CC(C)COC(C)C.CC(C)N.CC(C)N1CCCC1.CC(C)NC(C)C.CC(C)NCC1CCCCC1.CC(C)OC(C)C.CNC(C)C.COC(C)C.Cc1cc2ncc(C(C)C)cn2n1.Cc1cnc(C(C)C)cn1.Cc1cnc(OC(C)C)nc1.Cc1ncc(C(C)C)cn1.Cc1nnc(C(C)C)o1. The van der Waals surface area contributed by atoms with Crippen LogP contribution in [0.1, 0.15) is 526 Å². The van der Waals surface area contributed by atoms with Crippen molar-refractivity contribution in [3.05, 3.63) is 107 Å². The summed E-state index contributed by atoms with van der Waals surface area (Å²) in [5, 5.41) is 25.0. The number of nitrogens with one attached hydrogen (secondary N) is 4. The Morgan fingerprint density at radius 2 is 0.858 bits per heavy atom. The van der Waals surface area contributed by atoms with E-state index in [1.807, 2.05) is 159 Å². The Hall–Kier alpha value is -5.56. The number of aromatic nitrogens is 11. The van der Waals surface area contributed by atoms with Gasteiger partial charge < -0.3 is 55.3 Å². The predicted molar refractivity (Wildman–Crippen MR) is 657 cm³/mol. The van der Waals surface area contributed by atoms with Crippen molar-refractivity contribution in [2.24, 2.45) is 76.7 Å². The highest BCUT2D eigenvalue weighted by Gasteiger charge is 2.24. The molecule has 0 unspecified atom stereocenters. The lowest BCUT2D eigenvalue weighted by Gasteiger charge is -2.22. The molecule has 1 aliphatic heterocycles. The molecule has 880 valence electrons. The van der Waals surface area contributed by atoms with Gasteiger partial charge in [0, 0.05) is 118 Å². The molecule has 22 heteroatoms. The Bertz CT molecular complexity index is 3400. The first-order chi connectivity index (χ1) is 67.7. The topological polar surface area (TPSA) is 261 Å². The summed E-state index contributed by atoms with van der Waals surface area (Å²) in [6.07, 6.45) is 33.8. The number of hydrogen-bond donors (Lipinski definition) is 5. The van der Waals surface area contributed by atoms with Crippen LogP contribution in [0.25, 0.3) is 5.65 Å². The van der Waals surface area contributed by atoms with Crippen LogP contribution in [0.2, 0.25) is 0 Å². The average molecular weight is 2090 g/mol. The van der Waals surface area contributed by atoms with Crippen LogP contribution < -0.4 is 31.7 Å². The molecule has 22 nitrogen and oxygen atoms in total. The van der Waals surface area contributed by atoms with Gasteiger partial charge in [-0.05, 0) is 300 Å². The summed E-state index contributed by atoms with van der Waals surface area (Å²) in [5.41, 5.74) is 12.5. The lowest BCUT2D eigenvalue weighted by atomic mass is 9.89. The molecule has 0 atom stereocenters. The molecule has 0 radical (unpaired) electrons. The van der Waals surface area contributed by atoms with Gasteiger partial charge in [0.05, 0.1) is 47.6 Å².